The van der Waals surface area contributed by atoms with Gasteiger partial charge >= 0.3 is 0 Å². The summed E-state index contributed by atoms with van der Waals surface area (Å²) in [5.74, 6) is -0.287. The van der Waals surface area contributed by atoms with Crippen molar-refractivity contribution in [3.63, 3.8) is 0 Å². The third-order valence-electron chi connectivity index (χ3n) is 6.81. The van der Waals surface area contributed by atoms with Crippen molar-refractivity contribution in [3.8, 4) is 23.0 Å². The molecule has 0 aromatic heterocycles. The smallest absolute Gasteiger partial charge is 0.261 e. The zero-order valence-electron chi connectivity index (χ0n) is 20.6. The van der Waals surface area contributed by atoms with Crippen LogP contribution in [0.4, 0.5) is 0 Å². The van der Waals surface area contributed by atoms with Gasteiger partial charge in [0.15, 0.2) is 11.6 Å². The first kappa shape index (κ1) is 23.4. The second-order valence-electron chi connectivity index (χ2n) is 9.33. The monoisotopic (exact) mass is 503 g/mol. The van der Waals surface area contributed by atoms with Gasteiger partial charge in [0.25, 0.3) is 11.8 Å². The summed E-state index contributed by atoms with van der Waals surface area (Å²) in [6, 6.07) is 24.0. The maximum absolute atomic E-state index is 13.3. The molecule has 1 atom stereocenters. The molecular weight excluding hydrogens is 482 g/mol. The van der Waals surface area contributed by atoms with E-state index in [0.29, 0.717) is 39.7 Å². The second kappa shape index (κ2) is 8.81. The Hall–Kier alpha value is -5.04. The molecule has 38 heavy (non-hydrogen) atoms. The molecule has 2 amide bonds. The minimum atomic E-state index is -0.937. The zero-order valence-corrected chi connectivity index (χ0v) is 20.6. The molecular formula is C31H21NO6. The maximum Gasteiger partial charge on any atom is 0.261 e. The summed E-state index contributed by atoms with van der Waals surface area (Å²) in [6.45, 7) is 2.00. The summed E-state index contributed by atoms with van der Waals surface area (Å²) in [5, 5.41) is 0. The molecule has 4 aromatic carbocycles. The first-order valence-electron chi connectivity index (χ1n) is 12.0. The average Bonchev–Trinajstić information content (AvgIpc) is 3.30. The van der Waals surface area contributed by atoms with Crippen molar-refractivity contribution in [2.75, 3.05) is 7.05 Å². The van der Waals surface area contributed by atoms with Crippen LogP contribution in [0.15, 0.2) is 84.9 Å². The number of aryl methyl sites for hydroxylation is 1. The van der Waals surface area contributed by atoms with Crippen LogP contribution in [0, 0.1) is 6.92 Å². The number of hydrogen-bond donors (Lipinski definition) is 0. The Morgan fingerprint density at radius 3 is 1.68 bits per heavy atom. The van der Waals surface area contributed by atoms with Crippen LogP contribution in [0.25, 0.3) is 0 Å². The molecule has 4 aromatic rings. The van der Waals surface area contributed by atoms with Crippen LogP contribution < -0.4 is 9.47 Å². The molecule has 0 fully saturated rings. The molecule has 0 bridgehead atoms. The molecule has 0 saturated carbocycles. The van der Waals surface area contributed by atoms with Gasteiger partial charge in [0.1, 0.15) is 28.9 Å². The van der Waals surface area contributed by atoms with Crippen molar-refractivity contribution in [3.05, 3.63) is 118 Å². The molecule has 6 rings (SSSR count). The van der Waals surface area contributed by atoms with E-state index in [4.69, 9.17) is 9.47 Å². The van der Waals surface area contributed by atoms with Gasteiger partial charge in [-0.05, 0) is 73.2 Å². The number of hydrogen-bond acceptors (Lipinski definition) is 6. The summed E-state index contributed by atoms with van der Waals surface area (Å²) in [4.78, 5) is 51.9. The molecule has 0 saturated heterocycles. The largest absolute Gasteiger partial charge is 0.457 e. The summed E-state index contributed by atoms with van der Waals surface area (Å²) in [5.41, 5.74) is 2.91. The van der Waals surface area contributed by atoms with E-state index in [-0.39, 0.29) is 28.6 Å². The summed E-state index contributed by atoms with van der Waals surface area (Å²) in [7, 11) is 1.43. The van der Waals surface area contributed by atoms with E-state index in [2.05, 4.69) is 0 Å². The first-order valence-corrected chi connectivity index (χ1v) is 12.0. The highest BCUT2D eigenvalue weighted by Crippen LogP contribution is 2.38. The van der Waals surface area contributed by atoms with Gasteiger partial charge in [0, 0.05) is 18.2 Å². The highest BCUT2D eigenvalue weighted by molar-refractivity contribution is 6.29. The van der Waals surface area contributed by atoms with Crippen LogP contribution in [-0.2, 0) is 0 Å². The quantitative estimate of drug-likeness (QED) is 0.246. The number of carbonyl (C=O) groups is 4. The third kappa shape index (κ3) is 3.85. The fraction of sp³-hybridized carbons (Fsp3) is 0.0968. The van der Waals surface area contributed by atoms with E-state index >= 15 is 0 Å². The molecule has 7 heteroatoms. The highest BCUT2D eigenvalue weighted by atomic mass is 16.5. The van der Waals surface area contributed by atoms with E-state index in [1.54, 1.807) is 48.5 Å². The van der Waals surface area contributed by atoms with E-state index < -0.39 is 11.8 Å². The number of fused-ring (bicyclic) bond motifs is 2. The lowest BCUT2D eigenvalue weighted by Crippen LogP contribution is -2.24. The lowest BCUT2D eigenvalue weighted by atomic mass is 9.94. The van der Waals surface area contributed by atoms with Gasteiger partial charge in [-0.25, -0.2) is 0 Å². The number of imide groups is 1. The molecule has 7 nitrogen and oxygen atoms in total. The Balaban J connectivity index is 1.21. The molecule has 186 valence electrons. The number of carbonyl (C=O) groups excluding carboxylic acids is 4. The van der Waals surface area contributed by atoms with Crippen LogP contribution in [-0.4, -0.2) is 35.3 Å². The topological polar surface area (TPSA) is 90.0 Å². The minimum absolute atomic E-state index is 0.261. The predicted molar refractivity (Wildman–Crippen MR) is 138 cm³/mol. The van der Waals surface area contributed by atoms with E-state index in [9.17, 15) is 19.2 Å². The van der Waals surface area contributed by atoms with Gasteiger partial charge in [0.05, 0.1) is 11.1 Å². The highest BCUT2D eigenvalue weighted by Gasteiger charge is 2.40. The summed E-state index contributed by atoms with van der Waals surface area (Å²) >= 11 is 0. The molecule has 2 aliphatic rings. The molecule has 1 aliphatic carbocycles. The van der Waals surface area contributed by atoms with Crippen molar-refractivity contribution in [2.45, 2.75) is 12.8 Å². The van der Waals surface area contributed by atoms with Crippen molar-refractivity contribution in [2.24, 2.45) is 0 Å². The second-order valence-corrected chi connectivity index (χ2v) is 9.33. The first-order chi connectivity index (χ1) is 18.3. The Morgan fingerprint density at radius 2 is 1.03 bits per heavy atom. The molecule has 0 spiro atoms. The number of ether oxygens (including phenoxy) is 2. The predicted octanol–water partition coefficient (Wildman–Crippen LogP) is 5.97. The van der Waals surface area contributed by atoms with Gasteiger partial charge in [-0.2, -0.15) is 0 Å². The molecule has 0 radical (unpaired) electrons. The number of amides is 2. The van der Waals surface area contributed by atoms with Gasteiger partial charge < -0.3 is 9.47 Å². The number of rotatable bonds is 5. The van der Waals surface area contributed by atoms with Crippen LogP contribution in [0.3, 0.4) is 0 Å². The van der Waals surface area contributed by atoms with Gasteiger partial charge in [-0.15, -0.1) is 0 Å². The summed E-state index contributed by atoms with van der Waals surface area (Å²) in [6.07, 6.45) is 0. The van der Waals surface area contributed by atoms with Gasteiger partial charge in [0.2, 0.25) is 0 Å². The van der Waals surface area contributed by atoms with Crippen LogP contribution in [0.5, 0.6) is 23.0 Å². The zero-order chi connectivity index (χ0) is 26.6. The SMILES string of the molecule is Cc1ccc(Oc2ccc(C3C(=O)c4ccc(Oc5ccc6c(c5)C(=O)N(C)C6=O)cc4C3=O)cc2)cc1. The maximum atomic E-state index is 13.3. The third-order valence-corrected chi connectivity index (χ3v) is 6.81. The van der Waals surface area contributed by atoms with Crippen LogP contribution in [0.1, 0.15) is 58.5 Å². The standard InChI is InChI=1S/C31H21NO6/c1-17-3-7-19(8-4-17)37-20-9-5-18(6-10-20)27-28(33)23-13-11-21(15-25(23)29(27)34)38-22-12-14-24-26(16-22)31(36)32(2)30(24)35/h3-16,27H,1-2H3. The van der Waals surface area contributed by atoms with Gasteiger partial charge in [-0.3, -0.25) is 24.1 Å². The number of ketones is 2. The van der Waals surface area contributed by atoms with Crippen LogP contribution >= 0.6 is 0 Å². The van der Waals surface area contributed by atoms with E-state index in [1.165, 1.54) is 19.2 Å². The molecule has 1 unspecified atom stereocenters. The number of nitrogens with zero attached hydrogens (tertiary/aromatic N) is 1. The van der Waals surface area contributed by atoms with Crippen molar-refractivity contribution < 1.29 is 28.7 Å². The summed E-state index contributed by atoms with van der Waals surface area (Å²) < 4.78 is 11.7. The fourth-order valence-electron chi connectivity index (χ4n) is 4.75. The Kier molecular flexibility index (Phi) is 5.42. The molecule has 0 N–H and O–H groups in total. The number of benzene rings is 4. The van der Waals surface area contributed by atoms with Crippen molar-refractivity contribution in [1.82, 2.24) is 4.90 Å². The fourth-order valence-corrected chi connectivity index (χ4v) is 4.75. The molecule has 1 aliphatic heterocycles. The van der Waals surface area contributed by atoms with Crippen LogP contribution in [0.2, 0.25) is 0 Å². The number of Topliss-reactive ketones (excluding diaryl/α,β-unsaturated/α-hetero) is 2. The Labute approximate surface area is 218 Å². The van der Waals surface area contributed by atoms with E-state index in [1.807, 2.05) is 31.2 Å². The van der Waals surface area contributed by atoms with Crippen molar-refractivity contribution >= 4 is 23.4 Å². The Morgan fingerprint density at radius 1 is 0.553 bits per heavy atom. The normalized spacial score (nSPS) is 16.1. The Bertz CT molecular complexity index is 1650. The van der Waals surface area contributed by atoms with E-state index in [0.717, 1.165) is 10.5 Å². The lowest BCUT2D eigenvalue weighted by Gasteiger charge is -2.10. The minimum Gasteiger partial charge on any atom is -0.457 e. The van der Waals surface area contributed by atoms with Gasteiger partial charge in [-0.1, -0.05) is 29.8 Å². The molecule has 1 heterocycles. The van der Waals surface area contributed by atoms with Crippen molar-refractivity contribution in [1.29, 1.82) is 0 Å². The average molecular weight is 504 g/mol. The lowest BCUT2D eigenvalue weighted by molar-refractivity contribution is 0.0692.